The Kier molecular flexibility index (Phi) is 4.95. The zero-order valence-corrected chi connectivity index (χ0v) is 12.4. The summed E-state index contributed by atoms with van der Waals surface area (Å²) in [6, 6.07) is 6.36. The average molecular weight is 264 g/mol. The van der Waals surface area contributed by atoms with E-state index in [-0.39, 0.29) is 0 Å². The molecule has 1 aromatic rings. The van der Waals surface area contributed by atoms with Gasteiger partial charge in [0, 0.05) is 19.3 Å². The van der Waals surface area contributed by atoms with Crippen LogP contribution in [0.3, 0.4) is 0 Å². The summed E-state index contributed by atoms with van der Waals surface area (Å²) in [7, 11) is 3.68. The van der Waals surface area contributed by atoms with Crippen molar-refractivity contribution in [3.8, 4) is 0 Å². The minimum atomic E-state index is -0.882. The molecule has 0 radical (unpaired) electrons. The van der Waals surface area contributed by atoms with Gasteiger partial charge < -0.3 is 15.3 Å². The van der Waals surface area contributed by atoms with Crippen LogP contribution < -0.4 is 10.2 Å². The molecule has 0 bridgehead atoms. The molecule has 1 atom stereocenters. The Balaban J connectivity index is 2.74. The van der Waals surface area contributed by atoms with Crippen molar-refractivity contribution in [3.05, 3.63) is 29.3 Å². The number of rotatable bonds is 6. The standard InChI is InChI=1S/C15H24N2O2/c1-11-8-12(2)10-13(9-11)17(5)7-6-15(3,16-4)14(18)19/h8-10,16H,6-7H2,1-5H3,(H,18,19). The molecule has 1 unspecified atom stereocenters. The van der Waals surface area contributed by atoms with Crippen molar-refractivity contribution in [2.45, 2.75) is 32.7 Å². The molecule has 0 saturated heterocycles. The first-order chi connectivity index (χ1) is 8.78. The van der Waals surface area contributed by atoms with E-state index in [2.05, 4.69) is 42.3 Å². The van der Waals surface area contributed by atoms with Gasteiger partial charge in [-0.1, -0.05) is 6.07 Å². The lowest BCUT2D eigenvalue weighted by Gasteiger charge is -2.28. The maximum Gasteiger partial charge on any atom is 0.323 e. The predicted molar refractivity (Wildman–Crippen MR) is 78.9 cm³/mol. The van der Waals surface area contributed by atoms with Crippen LogP contribution in [0.15, 0.2) is 18.2 Å². The monoisotopic (exact) mass is 264 g/mol. The van der Waals surface area contributed by atoms with Crippen LogP contribution in [0, 0.1) is 13.8 Å². The van der Waals surface area contributed by atoms with Gasteiger partial charge in [0.05, 0.1) is 0 Å². The molecule has 0 aromatic heterocycles. The summed E-state index contributed by atoms with van der Waals surface area (Å²) < 4.78 is 0. The Morgan fingerprint density at radius 2 is 1.84 bits per heavy atom. The van der Waals surface area contributed by atoms with Crippen LogP contribution in [0.4, 0.5) is 5.69 Å². The molecule has 0 aliphatic carbocycles. The highest BCUT2D eigenvalue weighted by molar-refractivity contribution is 5.78. The molecule has 4 nitrogen and oxygen atoms in total. The topological polar surface area (TPSA) is 52.6 Å². The lowest BCUT2D eigenvalue weighted by molar-refractivity contribution is -0.144. The highest BCUT2D eigenvalue weighted by Gasteiger charge is 2.30. The van der Waals surface area contributed by atoms with Crippen molar-refractivity contribution in [2.24, 2.45) is 0 Å². The van der Waals surface area contributed by atoms with Gasteiger partial charge in [0.2, 0.25) is 0 Å². The average Bonchev–Trinajstić information content (AvgIpc) is 2.34. The van der Waals surface area contributed by atoms with Gasteiger partial charge in [0.25, 0.3) is 0 Å². The van der Waals surface area contributed by atoms with E-state index in [0.29, 0.717) is 13.0 Å². The molecule has 0 aliphatic rings. The number of benzene rings is 1. The van der Waals surface area contributed by atoms with E-state index in [9.17, 15) is 9.90 Å². The number of anilines is 1. The molecule has 2 N–H and O–H groups in total. The zero-order valence-electron chi connectivity index (χ0n) is 12.4. The first-order valence-electron chi connectivity index (χ1n) is 6.50. The number of carboxylic acids is 1. The van der Waals surface area contributed by atoms with Crippen molar-refractivity contribution in [2.75, 3.05) is 25.5 Å². The lowest BCUT2D eigenvalue weighted by Crippen LogP contribution is -2.49. The van der Waals surface area contributed by atoms with Crippen molar-refractivity contribution >= 4 is 11.7 Å². The quantitative estimate of drug-likeness (QED) is 0.827. The zero-order chi connectivity index (χ0) is 14.6. The highest BCUT2D eigenvalue weighted by Crippen LogP contribution is 2.19. The second-order valence-electron chi connectivity index (χ2n) is 5.40. The molecule has 0 aliphatic heterocycles. The number of hydrogen-bond acceptors (Lipinski definition) is 3. The molecule has 106 valence electrons. The van der Waals surface area contributed by atoms with Crippen LogP contribution in [-0.4, -0.2) is 37.3 Å². The van der Waals surface area contributed by atoms with Gasteiger partial charge in [-0.15, -0.1) is 0 Å². The number of nitrogens with zero attached hydrogens (tertiary/aromatic N) is 1. The summed E-state index contributed by atoms with van der Waals surface area (Å²) in [4.78, 5) is 13.3. The Morgan fingerprint density at radius 3 is 2.26 bits per heavy atom. The molecule has 0 saturated carbocycles. The van der Waals surface area contributed by atoms with Crippen LogP contribution in [-0.2, 0) is 4.79 Å². The number of aliphatic carboxylic acids is 1. The molecule has 0 spiro atoms. The van der Waals surface area contributed by atoms with E-state index in [4.69, 9.17) is 0 Å². The number of aryl methyl sites for hydroxylation is 2. The summed E-state index contributed by atoms with van der Waals surface area (Å²) >= 11 is 0. The van der Waals surface area contributed by atoms with Gasteiger partial charge >= 0.3 is 5.97 Å². The third-order valence-electron chi connectivity index (χ3n) is 3.62. The normalized spacial score (nSPS) is 13.9. The van der Waals surface area contributed by atoms with Gasteiger partial charge in [-0.05, 0) is 57.5 Å². The second-order valence-corrected chi connectivity index (χ2v) is 5.40. The molecule has 1 rings (SSSR count). The molecule has 1 aromatic carbocycles. The van der Waals surface area contributed by atoms with Crippen molar-refractivity contribution in [1.82, 2.24) is 5.32 Å². The van der Waals surface area contributed by atoms with E-state index >= 15 is 0 Å². The number of carbonyl (C=O) groups is 1. The van der Waals surface area contributed by atoms with Crippen molar-refractivity contribution in [1.29, 1.82) is 0 Å². The van der Waals surface area contributed by atoms with Crippen LogP contribution in [0.25, 0.3) is 0 Å². The smallest absolute Gasteiger partial charge is 0.323 e. The van der Waals surface area contributed by atoms with E-state index < -0.39 is 11.5 Å². The van der Waals surface area contributed by atoms with Crippen LogP contribution in [0.2, 0.25) is 0 Å². The van der Waals surface area contributed by atoms with Gasteiger partial charge in [-0.25, -0.2) is 0 Å². The summed E-state index contributed by atoms with van der Waals surface area (Å²) in [5.41, 5.74) is 2.68. The highest BCUT2D eigenvalue weighted by atomic mass is 16.4. The van der Waals surface area contributed by atoms with Gasteiger partial charge in [-0.2, -0.15) is 0 Å². The predicted octanol–water partition coefficient (Wildman–Crippen LogP) is 2.19. The van der Waals surface area contributed by atoms with E-state index in [1.165, 1.54) is 11.1 Å². The molecule has 0 amide bonds. The molecular formula is C15H24N2O2. The molecule has 19 heavy (non-hydrogen) atoms. The first kappa shape index (κ1) is 15.5. The summed E-state index contributed by atoms with van der Waals surface area (Å²) in [6.45, 7) is 6.54. The lowest BCUT2D eigenvalue weighted by atomic mass is 9.98. The minimum Gasteiger partial charge on any atom is -0.480 e. The number of hydrogen-bond donors (Lipinski definition) is 2. The maximum absolute atomic E-state index is 11.2. The number of carboxylic acid groups (broad SMARTS) is 1. The van der Waals surface area contributed by atoms with Crippen LogP contribution in [0.1, 0.15) is 24.5 Å². The van der Waals surface area contributed by atoms with Crippen molar-refractivity contribution < 1.29 is 9.90 Å². The minimum absolute atomic E-state index is 0.544. The fraction of sp³-hybridized carbons (Fsp3) is 0.533. The van der Waals surface area contributed by atoms with Crippen molar-refractivity contribution in [3.63, 3.8) is 0 Å². The Bertz CT molecular complexity index is 439. The van der Waals surface area contributed by atoms with Gasteiger partial charge in [0.15, 0.2) is 0 Å². The van der Waals surface area contributed by atoms with E-state index in [1.54, 1.807) is 14.0 Å². The van der Waals surface area contributed by atoms with E-state index in [0.717, 1.165) is 5.69 Å². The SMILES string of the molecule is CNC(C)(CCN(C)c1cc(C)cc(C)c1)C(=O)O. The molecule has 0 heterocycles. The van der Waals surface area contributed by atoms with Crippen LogP contribution >= 0.6 is 0 Å². The largest absolute Gasteiger partial charge is 0.480 e. The van der Waals surface area contributed by atoms with Crippen LogP contribution in [0.5, 0.6) is 0 Å². The fourth-order valence-corrected chi connectivity index (χ4v) is 2.03. The number of likely N-dealkylation sites (N-methyl/N-ethyl adjacent to an activating group) is 1. The third-order valence-corrected chi connectivity index (χ3v) is 3.62. The number of nitrogens with one attached hydrogen (secondary N) is 1. The fourth-order valence-electron chi connectivity index (χ4n) is 2.03. The van der Waals surface area contributed by atoms with Gasteiger partial charge in [-0.3, -0.25) is 4.79 Å². The maximum atomic E-state index is 11.2. The third kappa shape index (κ3) is 3.96. The summed E-state index contributed by atoms with van der Waals surface area (Å²) in [5.74, 6) is -0.816. The molecular weight excluding hydrogens is 240 g/mol. The van der Waals surface area contributed by atoms with E-state index in [1.807, 2.05) is 7.05 Å². The molecule has 4 heteroatoms. The van der Waals surface area contributed by atoms with Gasteiger partial charge in [0.1, 0.15) is 5.54 Å². The Labute approximate surface area is 115 Å². The first-order valence-corrected chi connectivity index (χ1v) is 6.50. The summed E-state index contributed by atoms with van der Waals surface area (Å²) in [5, 5.41) is 12.1. The Morgan fingerprint density at radius 1 is 1.32 bits per heavy atom. The Hall–Kier alpha value is -1.55. The molecule has 0 fully saturated rings. The summed E-state index contributed by atoms with van der Waals surface area (Å²) in [6.07, 6.45) is 0.544. The second kappa shape index (κ2) is 6.06.